The molecule has 0 saturated heterocycles. The molecule has 37 valence electrons. The Morgan fingerprint density at radius 3 is 1.00 bits per heavy atom. The zero-order valence-corrected chi connectivity index (χ0v) is 10.4. The molecule has 0 aromatic heterocycles. The molecule has 0 aromatic carbocycles. The summed E-state index contributed by atoms with van der Waals surface area (Å²) in [5, 5.41) is 0. The summed E-state index contributed by atoms with van der Waals surface area (Å²) in [7, 11) is 0. The predicted molar refractivity (Wildman–Crippen MR) is 8.54 cm³/mol. The molecular formula is H2AuNiPdSn. The van der Waals surface area contributed by atoms with E-state index in [1.165, 1.54) is 0 Å². The second kappa shape index (κ2) is 17.3. The fourth-order valence-electron chi connectivity index (χ4n) is 0. The van der Waals surface area contributed by atoms with E-state index in [9.17, 15) is 0 Å². The minimum absolute atomic E-state index is 0. The fourth-order valence-corrected chi connectivity index (χ4v) is 0. The van der Waals surface area contributed by atoms with Gasteiger partial charge in [0.15, 0.2) is 0 Å². The third-order valence-corrected chi connectivity index (χ3v) is 0. The molecule has 3 radical (unpaired) electrons. The first-order valence-electron chi connectivity index (χ1n) is 0. The Bertz CT molecular complexity index is 8.00. The number of hydrogen-bond acceptors (Lipinski definition) is 0. The normalized spacial score (nSPS) is 0. The van der Waals surface area contributed by atoms with E-state index in [1.54, 1.807) is 0 Å². The standard InChI is InChI=1S/Au.Ni.Pd.Sn.2H. The van der Waals surface area contributed by atoms with Crippen molar-refractivity contribution in [2.24, 2.45) is 0 Å². The van der Waals surface area contributed by atoms with Crippen LogP contribution in [0.25, 0.3) is 0 Å². The van der Waals surface area contributed by atoms with Crippen molar-refractivity contribution < 1.29 is 59.3 Å². The molecule has 0 nitrogen and oxygen atoms in total. The Morgan fingerprint density at radius 1 is 1.00 bits per heavy atom. The van der Waals surface area contributed by atoms with Crippen LogP contribution in [-0.4, -0.2) is 23.9 Å². The monoisotopic (exact) mass is 483 g/mol. The van der Waals surface area contributed by atoms with Gasteiger partial charge in [0.05, 0.1) is 0 Å². The molecule has 0 N–H and O–H groups in total. The van der Waals surface area contributed by atoms with E-state index in [0.717, 1.165) is 0 Å². The molecule has 0 rings (SSSR count). The Kier molecular flexibility index (Phi) is 129. The number of hydrogen-bond donors (Lipinski definition) is 0. The van der Waals surface area contributed by atoms with Gasteiger partial charge in [0.2, 0.25) is 0 Å². The minimum atomic E-state index is 0. The second-order valence-corrected chi connectivity index (χ2v) is 0. The van der Waals surface area contributed by atoms with Gasteiger partial charge in [-0.2, -0.15) is 0 Å². The second-order valence-electron chi connectivity index (χ2n) is 0. The van der Waals surface area contributed by atoms with Crippen molar-refractivity contribution in [3.8, 4) is 0 Å². The van der Waals surface area contributed by atoms with E-state index >= 15 is 0 Å². The van der Waals surface area contributed by atoms with Gasteiger partial charge in [-0.15, -0.1) is 0 Å². The van der Waals surface area contributed by atoms with Gasteiger partial charge in [0, 0.05) is 59.3 Å². The molecule has 0 aromatic rings. The summed E-state index contributed by atoms with van der Waals surface area (Å²) in [6.45, 7) is 0. The molecule has 0 aliphatic carbocycles. The van der Waals surface area contributed by atoms with E-state index in [0.29, 0.717) is 0 Å². The average molecular weight is 483 g/mol. The van der Waals surface area contributed by atoms with E-state index < -0.39 is 0 Å². The molecule has 0 bridgehead atoms. The molecule has 4 heavy (non-hydrogen) atoms. The van der Waals surface area contributed by atoms with Crippen molar-refractivity contribution in [2.45, 2.75) is 0 Å². The van der Waals surface area contributed by atoms with Gasteiger partial charge < -0.3 is 0 Å². The van der Waals surface area contributed by atoms with Gasteiger partial charge in [-0.1, -0.05) is 0 Å². The van der Waals surface area contributed by atoms with Crippen molar-refractivity contribution >= 4 is 23.9 Å². The fraction of sp³-hybridized carbons (Fsp3) is 0. The molecule has 0 amide bonds. The predicted octanol–water partition coefficient (Wildman–Crippen LogP) is -0.924. The molecule has 0 aliphatic heterocycles. The molecule has 0 aliphatic rings. The van der Waals surface area contributed by atoms with Crippen LogP contribution >= 0.6 is 0 Å². The van der Waals surface area contributed by atoms with Crippen LogP contribution in [0.4, 0.5) is 0 Å². The van der Waals surface area contributed by atoms with E-state index in [1.807, 2.05) is 0 Å². The third-order valence-electron chi connectivity index (χ3n) is 0. The average Bonchev–Trinajstić information content (AvgIpc) is 0. The van der Waals surface area contributed by atoms with E-state index in [2.05, 4.69) is 0 Å². The first kappa shape index (κ1) is 29.9. The van der Waals surface area contributed by atoms with Gasteiger partial charge in [-0.3, -0.25) is 0 Å². The van der Waals surface area contributed by atoms with Crippen LogP contribution in [0, 0.1) is 0 Å². The Balaban J connectivity index is 0. The van der Waals surface area contributed by atoms with E-state index in [4.69, 9.17) is 0 Å². The van der Waals surface area contributed by atoms with Crippen molar-refractivity contribution in [1.29, 1.82) is 0 Å². The summed E-state index contributed by atoms with van der Waals surface area (Å²) in [5.74, 6) is 0. The zero-order chi connectivity index (χ0) is 0. The summed E-state index contributed by atoms with van der Waals surface area (Å²) >= 11 is 0. The number of rotatable bonds is 0. The van der Waals surface area contributed by atoms with Gasteiger partial charge >= 0.3 is 23.9 Å². The Labute approximate surface area is 81.9 Å². The zero-order valence-electron chi connectivity index (χ0n) is 1.64. The van der Waals surface area contributed by atoms with Crippen molar-refractivity contribution in [3.05, 3.63) is 0 Å². The summed E-state index contributed by atoms with van der Waals surface area (Å²) in [6, 6.07) is 0. The molecular weight excluding hydrogens is 481 g/mol. The van der Waals surface area contributed by atoms with E-state index in [-0.39, 0.29) is 83.2 Å². The summed E-state index contributed by atoms with van der Waals surface area (Å²) in [5.41, 5.74) is 0. The molecule has 4 heteroatoms. The first-order chi connectivity index (χ1) is 0. The van der Waals surface area contributed by atoms with Crippen LogP contribution in [-0.2, 0) is 59.3 Å². The van der Waals surface area contributed by atoms with Gasteiger partial charge in [0.25, 0.3) is 0 Å². The van der Waals surface area contributed by atoms with Gasteiger partial charge in [-0.05, 0) is 0 Å². The summed E-state index contributed by atoms with van der Waals surface area (Å²) in [4.78, 5) is 0. The van der Waals surface area contributed by atoms with Crippen LogP contribution in [0.2, 0.25) is 0 Å². The Morgan fingerprint density at radius 2 is 1.00 bits per heavy atom. The molecule has 0 spiro atoms. The molecule has 0 saturated carbocycles. The van der Waals surface area contributed by atoms with Crippen molar-refractivity contribution in [2.75, 3.05) is 0 Å². The Hall–Kier alpha value is 2.69. The molecule has 0 heterocycles. The summed E-state index contributed by atoms with van der Waals surface area (Å²) < 4.78 is 0. The van der Waals surface area contributed by atoms with Crippen LogP contribution < -0.4 is 0 Å². The van der Waals surface area contributed by atoms with Gasteiger partial charge in [0.1, 0.15) is 0 Å². The SMILES string of the molecule is [Au].[Ni].[Pd].[SnH2]. The third kappa shape index (κ3) is 8.83. The van der Waals surface area contributed by atoms with Gasteiger partial charge in [-0.25, -0.2) is 0 Å². The van der Waals surface area contributed by atoms with Crippen LogP contribution in [0.3, 0.4) is 0 Å². The summed E-state index contributed by atoms with van der Waals surface area (Å²) in [6.07, 6.45) is 0. The van der Waals surface area contributed by atoms with Crippen molar-refractivity contribution in [3.63, 3.8) is 0 Å². The topological polar surface area (TPSA) is 0 Å². The molecule has 0 unspecified atom stereocenters. The molecule has 0 fully saturated rings. The van der Waals surface area contributed by atoms with Crippen LogP contribution in [0.1, 0.15) is 0 Å². The maximum absolute atomic E-state index is 0. The quantitative estimate of drug-likeness (QED) is 0.392. The maximum atomic E-state index is 0. The first-order valence-corrected chi connectivity index (χ1v) is 0. The van der Waals surface area contributed by atoms with Crippen LogP contribution in [0.15, 0.2) is 0 Å². The van der Waals surface area contributed by atoms with Crippen molar-refractivity contribution in [1.82, 2.24) is 0 Å². The van der Waals surface area contributed by atoms with Crippen LogP contribution in [0.5, 0.6) is 0 Å². The molecule has 0 atom stereocenters.